The van der Waals surface area contributed by atoms with Gasteiger partial charge in [-0.15, -0.1) is 0 Å². The molecule has 2 N–H and O–H groups in total. The first-order valence-electron chi connectivity index (χ1n) is 4.78. The summed E-state index contributed by atoms with van der Waals surface area (Å²) in [4.78, 5) is 7.19. The van der Waals surface area contributed by atoms with E-state index in [1.165, 1.54) is 5.56 Å². The zero-order chi connectivity index (χ0) is 10.5. The maximum absolute atomic E-state index is 4.14. The van der Waals surface area contributed by atoms with E-state index in [4.69, 9.17) is 0 Å². The molecule has 0 radical (unpaired) electrons. The Balaban J connectivity index is 1.86. The number of imidazole rings is 1. The monoisotopic (exact) mass is 265 g/mol. The van der Waals surface area contributed by atoms with Gasteiger partial charge in [0.25, 0.3) is 0 Å². The second kappa shape index (κ2) is 5.09. The Bertz CT molecular complexity index is 412. The molecule has 4 heteroatoms. The number of benzene rings is 1. The molecule has 0 atom stereocenters. The van der Waals surface area contributed by atoms with Crippen molar-refractivity contribution < 1.29 is 0 Å². The molecular formula is C11H12BrN3. The lowest BCUT2D eigenvalue weighted by atomic mass is 10.2. The van der Waals surface area contributed by atoms with Crippen molar-refractivity contribution in [1.29, 1.82) is 0 Å². The summed E-state index contributed by atoms with van der Waals surface area (Å²) < 4.78 is 1.14. The number of halogens is 1. The summed E-state index contributed by atoms with van der Waals surface area (Å²) in [7, 11) is 0. The maximum atomic E-state index is 4.14. The fraction of sp³-hybridized carbons (Fsp3) is 0.182. The molecule has 0 unspecified atom stereocenters. The minimum Gasteiger partial charge on any atom is -0.348 e. The highest BCUT2D eigenvalue weighted by Gasteiger charge is 1.98. The van der Waals surface area contributed by atoms with Crippen molar-refractivity contribution in [2.24, 2.45) is 0 Å². The van der Waals surface area contributed by atoms with Crippen molar-refractivity contribution in [2.45, 2.75) is 13.1 Å². The van der Waals surface area contributed by atoms with Crippen LogP contribution in [0, 0.1) is 0 Å². The number of nitrogens with zero attached hydrogens (tertiary/aromatic N) is 1. The van der Waals surface area contributed by atoms with Crippen molar-refractivity contribution in [2.75, 3.05) is 0 Å². The highest BCUT2D eigenvalue weighted by atomic mass is 79.9. The zero-order valence-electron chi connectivity index (χ0n) is 8.20. The van der Waals surface area contributed by atoms with E-state index >= 15 is 0 Å². The van der Waals surface area contributed by atoms with E-state index in [0.717, 1.165) is 23.4 Å². The predicted molar refractivity (Wildman–Crippen MR) is 63.3 cm³/mol. The van der Waals surface area contributed by atoms with Gasteiger partial charge >= 0.3 is 0 Å². The van der Waals surface area contributed by atoms with Crippen molar-refractivity contribution in [3.63, 3.8) is 0 Å². The molecule has 0 saturated heterocycles. The number of H-pyrrole nitrogens is 1. The topological polar surface area (TPSA) is 40.7 Å². The number of nitrogens with one attached hydrogen (secondary N) is 2. The number of hydrogen-bond donors (Lipinski definition) is 2. The molecule has 0 aliphatic rings. The fourth-order valence-electron chi connectivity index (χ4n) is 1.35. The van der Waals surface area contributed by atoms with Gasteiger partial charge in [0.05, 0.1) is 6.54 Å². The lowest BCUT2D eigenvalue weighted by Crippen LogP contribution is -2.13. The lowest BCUT2D eigenvalue weighted by molar-refractivity contribution is 0.667. The van der Waals surface area contributed by atoms with Gasteiger partial charge in [-0.05, 0) is 11.6 Å². The Hall–Kier alpha value is -1.13. The van der Waals surface area contributed by atoms with Crippen LogP contribution in [-0.2, 0) is 13.1 Å². The average molecular weight is 266 g/mol. The van der Waals surface area contributed by atoms with Crippen LogP contribution in [0.15, 0.2) is 41.1 Å². The Morgan fingerprint density at radius 1 is 1.27 bits per heavy atom. The van der Waals surface area contributed by atoms with Gasteiger partial charge < -0.3 is 10.3 Å². The van der Waals surface area contributed by atoms with Crippen molar-refractivity contribution in [3.8, 4) is 0 Å². The molecule has 2 aromatic rings. The Labute approximate surface area is 97.1 Å². The first-order chi connectivity index (χ1) is 7.36. The lowest BCUT2D eigenvalue weighted by Gasteiger charge is -2.04. The van der Waals surface area contributed by atoms with Crippen LogP contribution in [0.3, 0.4) is 0 Å². The van der Waals surface area contributed by atoms with Gasteiger partial charge in [0.2, 0.25) is 0 Å². The average Bonchev–Trinajstić information content (AvgIpc) is 2.74. The van der Waals surface area contributed by atoms with Gasteiger partial charge in [-0.1, -0.05) is 34.1 Å². The molecule has 0 bridgehead atoms. The Kier molecular flexibility index (Phi) is 3.53. The summed E-state index contributed by atoms with van der Waals surface area (Å²) in [6.45, 7) is 1.59. The summed E-state index contributed by atoms with van der Waals surface area (Å²) >= 11 is 3.51. The van der Waals surface area contributed by atoms with E-state index in [9.17, 15) is 0 Å². The molecule has 0 aliphatic carbocycles. The smallest absolute Gasteiger partial charge is 0.120 e. The molecule has 15 heavy (non-hydrogen) atoms. The molecule has 0 aliphatic heterocycles. The van der Waals surface area contributed by atoms with Crippen LogP contribution < -0.4 is 5.32 Å². The molecule has 1 aromatic carbocycles. The molecule has 3 nitrogen and oxygen atoms in total. The highest BCUT2D eigenvalue weighted by molar-refractivity contribution is 9.10. The number of aromatic amines is 1. The normalized spacial score (nSPS) is 10.5. The van der Waals surface area contributed by atoms with Crippen molar-refractivity contribution >= 4 is 15.9 Å². The van der Waals surface area contributed by atoms with Gasteiger partial charge in [-0.2, -0.15) is 0 Å². The molecule has 78 valence electrons. The van der Waals surface area contributed by atoms with Crippen LogP contribution in [0.5, 0.6) is 0 Å². The Morgan fingerprint density at radius 2 is 2.13 bits per heavy atom. The third-order valence-corrected chi connectivity index (χ3v) is 2.89. The predicted octanol–water partition coefficient (Wildman–Crippen LogP) is 2.46. The maximum Gasteiger partial charge on any atom is 0.120 e. The van der Waals surface area contributed by atoms with Gasteiger partial charge in [0.1, 0.15) is 5.82 Å². The molecule has 0 amide bonds. The van der Waals surface area contributed by atoms with Crippen molar-refractivity contribution in [3.05, 3.63) is 52.5 Å². The van der Waals surface area contributed by atoms with E-state index in [0.29, 0.717) is 0 Å². The molecule has 0 fully saturated rings. The van der Waals surface area contributed by atoms with E-state index in [1.807, 2.05) is 24.4 Å². The standard InChI is InChI=1S/C11H12BrN3/c12-10-4-2-1-3-9(10)7-13-8-11-14-5-6-15-11/h1-6,13H,7-8H2,(H,14,15). The van der Waals surface area contributed by atoms with Gasteiger partial charge in [-0.25, -0.2) is 4.98 Å². The fourth-order valence-corrected chi connectivity index (χ4v) is 1.78. The summed E-state index contributed by atoms with van der Waals surface area (Å²) in [5.41, 5.74) is 1.25. The molecule has 2 rings (SSSR count). The number of hydrogen-bond acceptors (Lipinski definition) is 2. The minimum atomic E-state index is 0.758. The molecule has 1 heterocycles. The second-order valence-electron chi connectivity index (χ2n) is 3.23. The van der Waals surface area contributed by atoms with Crippen molar-refractivity contribution in [1.82, 2.24) is 15.3 Å². The van der Waals surface area contributed by atoms with Gasteiger partial charge in [0, 0.05) is 23.4 Å². The first-order valence-corrected chi connectivity index (χ1v) is 5.58. The van der Waals surface area contributed by atoms with E-state index < -0.39 is 0 Å². The van der Waals surface area contributed by atoms with Crippen LogP contribution in [0.25, 0.3) is 0 Å². The van der Waals surface area contributed by atoms with Crippen LogP contribution in [-0.4, -0.2) is 9.97 Å². The second-order valence-corrected chi connectivity index (χ2v) is 4.09. The summed E-state index contributed by atoms with van der Waals surface area (Å²) in [6, 6.07) is 8.19. The first kappa shape index (κ1) is 10.4. The van der Waals surface area contributed by atoms with Gasteiger partial charge in [-0.3, -0.25) is 0 Å². The Morgan fingerprint density at radius 3 is 2.87 bits per heavy atom. The quantitative estimate of drug-likeness (QED) is 0.892. The third kappa shape index (κ3) is 2.91. The number of aromatic nitrogens is 2. The van der Waals surface area contributed by atoms with Crippen LogP contribution in [0.4, 0.5) is 0 Å². The number of rotatable bonds is 4. The van der Waals surface area contributed by atoms with E-state index in [-0.39, 0.29) is 0 Å². The zero-order valence-corrected chi connectivity index (χ0v) is 9.79. The van der Waals surface area contributed by atoms with Crippen LogP contribution in [0.1, 0.15) is 11.4 Å². The summed E-state index contributed by atoms with van der Waals surface area (Å²) in [5.74, 6) is 0.960. The molecule has 0 spiro atoms. The summed E-state index contributed by atoms with van der Waals surface area (Å²) in [5, 5.41) is 3.32. The summed E-state index contributed by atoms with van der Waals surface area (Å²) in [6.07, 6.45) is 3.59. The minimum absolute atomic E-state index is 0.758. The molecule has 1 aromatic heterocycles. The van der Waals surface area contributed by atoms with E-state index in [1.54, 1.807) is 6.20 Å². The van der Waals surface area contributed by atoms with Gasteiger partial charge in [0.15, 0.2) is 0 Å². The SMILES string of the molecule is Brc1ccccc1CNCc1ncc[nH]1. The molecular weight excluding hydrogens is 254 g/mol. The van der Waals surface area contributed by atoms with Crippen LogP contribution in [0.2, 0.25) is 0 Å². The highest BCUT2D eigenvalue weighted by Crippen LogP contribution is 2.15. The van der Waals surface area contributed by atoms with Crippen LogP contribution >= 0.6 is 15.9 Å². The largest absolute Gasteiger partial charge is 0.348 e. The van der Waals surface area contributed by atoms with E-state index in [2.05, 4.69) is 37.3 Å². The third-order valence-electron chi connectivity index (χ3n) is 2.12. The molecule has 0 saturated carbocycles.